The average molecular weight is 184 g/mol. The van der Waals surface area contributed by atoms with Crippen molar-refractivity contribution in [3.63, 3.8) is 0 Å². The molecule has 3 heteroatoms. The number of rotatable bonds is 1. The van der Waals surface area contributed by atoms with Gasteiger partial charge >= 0.3 is 0 Å². The van der Waals surface area contributed by atoms with Crippen molar-refractivity contribution in [1.29, 1.82) is 0 Å². The molecule has 0 spiro atoms. The normalized spacial score (nSPS) is 14.7. The molecule has 1 atom stereocenters. The van der Waals surface area contributed by atoms with Gasteiger partial charge in [-0.05, 0) is 16.9 Å². The Labute approximate surface area is 77.6 Å². The standard InChI is InChI=1S/C9H16N2S/c1-9(2,3)7(10)6-4-5-12-8(6)11/h4-5,7H,10-11H2,1-3H3/t7-/m0/s1. The number of hydrogen-bond acceptors (Lipinski definition) is 3. The van der Waals surface area contributed by atoms with Crippen LogP contribution in [0.3, 0.4) is 0 Å². The second-order valence-electron chi connectivity index (χ2n) is 4.08. The first kappa shape index (κ1) is 9.55. The van der Waals surface area contributed by atoms with Crippen LogP contribution >= 0.6 is 11.3 Å². The van der Waals surface area contributed by atoms with Crippen LogP contribution in [-0.4, -0.2) is 0 Å². The van der Waals surface area contributed by atoms with Gasteiger partial charge in [-0.3, -0.25) is 0 Å². The van der Waals surface area contributed by atoms with Gasteiger partial charge in [0.15, 0.2) is 0 Å². The SMILES string of the molecule is CC(C)(C)[C@@H](N)c1ccsc1N. The Bertz CT molecular complexity index is 260. The highest BCUT2D eigenvalue weighted by Crippen LogP contribution is 2.35. The van der Waals surface area contributed by atoms with E-state index in [1.54, 1.807) is 11.3 Å². The van der Waals surface area contributed by atoms with Crippen molar-refractivity contribution in [2.75, 3.05) is 5.73 Å². The smallest absolute Gasteiger partial charge is 0.0904 e. The van der Waals surface area contributed by atoms with E-state index in [-0.39, 0.29) is 11.5 Å². The predicted molar refractivity (Wildman–Crippen MR) is 55.1 cm³/mol. The summed E-state index contributed by atoms with van der Waals surface area (Å²) in [5.74, 6) is 0. The maximum atomic E-state index is 6.04. The van der Waals surface area contributed by atoms with E-state index in [0.29, 0.717) is 0 Å². The Kier molecular flexibility index (Phi) is 2.44. The number of hydrogen-bond donors (Lipinski definition) is 2. The van der Waals surface area contributed by atoms with E-state index in [0.717, 1.165) is 10.6 Å². The molecule has 0 aromatic carbocycles. The third kappa shape index (κ3) is 1.79. The minimum absolute atomic E-state index is 0.0312. The van der Waals surface area contributed by atoms with E-state index in [9.17, 15) is 0 Å². The van der Waals surface area contributed by atoms with Crippen LogP contribution in [0.4, 0.5) is 5.00 Å². The van der Waals surface area contributed by atoms with Crippen LogP contribution in [0.5, 0.6) is 0 Å². The molecule has 1 heterocycles. The lowest BCUT2D eigenvalue weighted by Crippen LogP contribution is -2.26. The molecular formula is C9H16N2S. The lowest BCUT2D eigenvalue weighted by molar-refractivity contribution is 0.328. The minimum atomic E-state index is 0.0312. The Morgan fingerprint density at radius 2 is 2.00 bits per heavy atom. The van der Waals surface area contributed by atoms with Crippen molar-refractivity contribution >= 4 is 16.3 Å². The van der Waals surface area contributed by atoms with Gasteiger partial charge in [-0.25, -0.2) is 0 Å². The molecule has 1 rings (SSSR count). The first-order valence-electron chi connectivity index (χ1n) is 4.01. The summed E-state index contributed by atoms with van der Waals surface area (Å²) in [5.41, 5.74) is 13.0. The van der Waals surface area contributed by atoms with Gasteiger partial charge in [-0.2, -0.15) is 0 Å². The first-order valence-corrected chi connectivity index (χ1v) is 4.89. The van der Waals surface area contributed by atoms with E-state index >= 15 is 0 Å². The molecule has 4 N–H and O–H groups in total. The third-order valence-electron chi connectivity index (χ3n) is 2.00. The molecular weight excluding hydrogens is 168 g/mol. The van der Waals surface area contributed by atoms with Gasteiger partial charge in [0.1, 0.15) is 0 Å². The van der Waals surface area contributed by atoms with E-state index in [4.69, 9.17) is 11.5 Å². The zero-order valence-corrected chi connectivity index (χ0v) is 8.61. The molecule has 0 saturated carbocycles. The van der Waals surface area contributed by atoms with Gasteiger partial charge in [0.2, 0.25) is 0 Å². The molecule has 68 valence electrons. The minimum Gasteiger partial charge on any atom is -0.390 e. The van der Waals surface area contributed by atoms with Crippen LogP contribution in [0.1, 0.15) is 32.4 Å². The molecule has 2 nitrogen and oxygen atoms in total. The van der Waals surface area contributed by atoms with Crippen LogP contribution < -0.4 is 11.5 Å². The molecule has 0 fully saturated rings. The fraction of sp³-hybridized carbons (Fsp3) is 0.556. The van der Waals surface area contributed by atoms with Gasteiger partial charge in [-0.1, -0.05) is 20.8 Å². The molecule has 0 bridgehead atoms. The highest BCUT2D eigenvalue weighted by Gasteiger charge is 2.24. The van der Waals surface area contributed by atoms with Gasteiger partial charge in [-0.15, -0.1) is 11.3 Å². The van der Waals surface area contributed by atoms with Crippen molar-refractivity contribution < 1.29 is 0 Å². The molecule has 0 unspecified atom stereocenters. The molecule has 0 aliphatic carbocycles. The van der Waals surface area contributed by atoms with Gasteiger partial charge in [0.05, 0.1) is 5.00 Å². The molecule has 12 heavy (non-hydrogen) atoms. The summed E-state index contributed by atoms with van der Waals surface area (Å²) in [5, 5.41) is 2.83. The monoisotopic (exact) mass is 184 g/mol. The molecule has 1 aromatic heterocycles. The third-order valence-corrected chi connectivity index (χ3v) is 2.76. The van der Waals surface area contributed by atoms with Gasteiger partial charge in [0, 0.05) is 11.6 Å². The van der Waals surface area contributed by atoms with Crippen molar-refractivity contribution in [2.24, 2.45) is 11.1 Å². The second kappa shape index (κ2) is 3.07. The summed E-state index contributed by atoms with van der Waals surface area (Å²) >= 11 is 1.55. The Morgan fingerprint density at radius 3 is 2.33 bits per heavy atom. The van der Waals surface area contributed by atoms with Crippen molar-refractivity contribution in [3.05, 3.63) is 17.0 Å². The number of nitrogen functional groups attached to an aromatic ring is 1. The van der Waals surface area contributed by atoms with E-state index in [1.807, 2.05) is 11.4 Å². The lowest BCUT2D eigenvalue weighted by Gasteiger charge is -2.26. The maximum Gasteiger partial charge on any atom is 0.0904 e. The summed E-state index contributed by atoms with van der Waals surface area (Å²) in [6.07, 6.45) is 0. The van der Waals surface area contributed by atoms with Gasteiger partial charge in [0.25, 0.3) is 0 Å². The zero-order chi connectivity index (χ0) is 9.35. The van der Waals surface area contributed by atoms with Crippen LogP contribution in [0.15, 0.2) is 11.4 Å². The Hall–Kier alpha value is -0.540. The van der Waals surface area contributed by atoms with Crippen LogP contribution in [0, 0.1) is 5.41 Å². The topological polar surface area (TPSA) is 52.0 Å². The molecule has 0 amide bonds. The summed E-state index contributed by atoms with van der Waals surface area (Å²) in [6.45, 7) is 6.36. The first-order chi connectivity index (χ1) is 5.43. The molecule has 1 aromatic rings. The predicted octanol–water partition coefficient (Wildman–Crippen LogP) is 2.38. The Morgan fingerprint density at radius 1 is 1.42 bits per heavy atom. The van der Waals surface area contributed by atoms with Crippen LogP contribution in [0.2, 0.25) is 0 Å². The van der Waals surface area contributed by atoms with E-state index in [1.165, 1.54) is 0 Å². The summed E-state index contributed by atoms with van der Waals surface area (Å²) in [6, 6.07) is 2.04. The van der Waals surface area contributed by atoms with Crippen LogP contribution in [-0.2, 0) is 0 Å². The number of anilines is 1. The summed E-state index contributed by atoms with van der Waals surface area (Å²) in [4.78, 5) is 0. The maximum absolute atomic E-state index is 6.04. The quantitative estimate of drug-likeness (QED) is 0.704. The van der Waals surface area contributed by atoms with Gasteiger partial charge < -0.3 is 11.5 Å². The fourth-order valence-corrected chi connectivity index (χ4v) is 1.75. The van der Waals surface area contributed by atoms with Crippen LogP contribution in [0.25, 0.3) is 0 Å². The summed E-state index contributed by atoms with van der Waals surface area (Å²) < 4.78 is 0. The summed E-state index contributed by atoms with van der Waals surface area (Å²) in [7, 11) is 0. The highest BCUT2D eigenvalue weighted by atomic mass is 32.1. The van der Waals surface area contributed by atoms with E-state index < -0.39 is 0 Å². The van der Waals surface area contributed by atoms with Crippen molar-refractivity contribution in [1.82, 2.24) is 0 Å². The largest absolute Gasteiger partial charge is 0.390 e. The second-order valence-corrected chi connectivity index (χ2v) is 5.03. The fourth-order valence-electron chi connectivity index (χ4n) is 1.05. The molecule has 0 radical (unpaired) electrons. The molecule has 0 aliphatic heterocycles. The molecule has 0 aliphatic rings. The lowest BCUT2D eigenvalue weighted by atomic mass is 9.84. The Balaban J connectivity index is 2.92. The average Bonchev–Trinajstić information content (AvgIpc) is 2.31. The number of thiophene rings is 1. The zero-order valence-electron chi connectivity index (χ0n) is 7.79. The van der Waals surface area contributed by atoms with E-state index in [2.05, 4.69) is 20.8 Å². The highest BCUT2D eigenvalue weighted by molar-refractivity contribution is 7.14. The van der Waals surface area contributed by atoms with Crippen molar-refractivity contribution in [2.45, 2.75) is 26.8 Å². The number of nitrogens with two attached hydrogens (primary N) is 2. The molecule has 0 saturated heterocycles. The van der Waals surface area contributed by atoms with Crippen molar-refractivity contribution in [3.8, 4) is 0 Å².